The Kier molecular flexibility index (Phi) is 6.15. The third-order valence-corrected chi connectivity index (χ3v) is 3.28. The fourth-order valence-corrected chi connectivity index (χ4v) is 2.15. The molecule has 0 saturated heterocycles. The number of benzene rings is 1. The Morgan fingerprint density at radius 2 is 2.24 bits per heavy atom. The molecule has 0 saturated carbocycles. The van der Waals surface area contributed by atoms with E-state index < -0.39 is 4.92 Å². The summed E-state index contributed by atoms with van der Waals surface area (Å²) in [6, 6.07) is 4.79. The number of nitro groups is 1. The summed E-state index contributed by atoms with van der Waals surface area (Å²) in [5, 5.41) is 10.8. The van der Waals surface area contributed by atoms with E-state index in [-0.39, 0.29) is 5.69 Å². The molecular weight excluding hydrogens is 262 g/mol. The van der Waals surface area contributed by atoms with Crippen molar-refractivity contribution in [3.8, 4) is 5.75 Å². The Morgan fingerprint density at radius 1 is 1.47 bits per heavy atom. The van der Waals surface area contributed by atoms with Crippen molar-refractivity contribution < 1.29 is 9.66 Å². The maximum absolute atomic E-state index is 10.8. The molecule has 17 heavy (non-hydrogen) atoms. The summed E-state index contributed by atoms with van der Waals surface area (Å²) in [6.07, 6.45) is 0.868. The number of halogens is 1. The molecule has 0 unspecified atom stereocenters. The van der Waals surface area contributed by atoms with Gasteiger partial charge in [0.15, 0.2) is 0 Å². The molecule has 0 aliphatic heterocycles. The molecule has 1 aromatic carbocycles. The minimum absolute atomic E-state index is 0.0516. The quantitative estimate of drug-likeness (QED) is 0.329. The SMILES string of the molecule is CCCOc1cc(SCCCl)cc([N+](=O)[O-])c1. The normalized spacial score (nSPS) is 10.2. The van der Waals surface area contributed by atoms with Gasteiger partial charge in [0.2, 0.25) is 0 Å². The van der Waals surface area contributed by atoms with E-state index in [0.29, 0.717) is 18.2 Å². The van der Waals surface area contributed by atoms with Crippen LogP contribution in [0.4, 0.5) is 5.69 Å². The molecule has 0 aliphatic carbocycles. The molecule has 6 heteroatoms. The topological polar surface area (TPSA) is 52.4 Å². The van der Waals surface area contributed by atoms with E-state index in [9.17, 15) is 10.1 Å². The lowest BCUT2D eigenvalue weighted by molar-refractivity contribution is -0.385. The minimum atomic E-state index is -0.413. The van der Waals surface area contributed by atoms with Crippen molar-refractivity contribution in [1.29, 1.82) is 0 Å². The van der Waals surface area contributed by atoms with Crippen LogP contribution in [0, 0.1) is 10.1 Å². The molecule has 94 valence electrons. The summed E-state index contributed by atoms with van der Waals surface area (Å²) in [5.41, 5.74) is 0.0516. The van der Waals surface area contributed by atoms with Gasteiger partial charge in [-0.05, 0) is 12.5 Å². The Hall–Kier alpha value is -0.940. The van der Waals surface area contributed by atoms with Crippen molar-refractivity contribution in [2.24, 2.45) is 0 Å². The highest BCUT2D eigenvalue weighted by Gasteiger charge is 2.10. The molecular formula is C11H14ClNO3S. The smallest absolute Gasteiger partial charge is 0.274 e. The van der Waals surface area contributed by atoms with Crippen LogP contribution in [0.1, 0.15) is 13.3 Å². The maximum Gasteiger partial charge on any atom is 0.274 e. The standard InChI is InChI=1S/C11H14ClNO3S/c1-2-4-16-10-6-9(13(14)15)7-11(8-10)17-5-3-12/h6-8H,2-5H2,1H3. The van der Waals surface area contributed by atoms with Gasteiger partial charge < -0.3 is 4.74 Å². The molecule has 0 spiro atoms. The molecule has 4 nitrogen and oxygen atoms in total. The van der Waals surface area contributed by atoms with Gasteiger partial charge in [-0.15, -0.1) is 23.4 Å². The third-order valence-electron chi connectivity index (χ3n) is 1.89. The third kappa shape index (κ3) is 4.83. The van der Waals surface area contributed by atoms with E-state index >= 15 is 0 Å². The molecule has 0 aromatic heterocycles. The molecule has 0 bridgehead atoms. The Labute approximate surface area is 109 Å². The highest BCUT2D eigenvalue weighted by Crippen LogP contribution is 2.29. The van der Waals surface area contributed by atoms with E-state index in [1.54, 1.807) is 6.07 Å². The zero-order valence-corrected chi connectivity index (χ0v) is 11.1. The molecule has 0 aliphatic rings. The molecule has 1 rings (SSSR count). The van der Waals surface area contributed by atoms with Crippen molar-refractivity contribution >= 4 is 29.1 Å². The predicted octanol–water partition coefficient (Wildman–Crippen LogP) is 3.71. The number of non-ortho nitro benzene ring substituents is 1. The summed E-state index contributed by atoms with van der Waals surface area (Å²) < 4.78 is 5.42. The van der Waals surface area contributed by atoms with E-state index in [1.807, 2.05) is 6.92 Å². The van der Waals surface area contributed by atoms with Gasteiger partial charge in [-0.3, -0.25) is 10.1 Å². The van der Waals surface area contributed by atoms with Crippen molar-refractivity contribution in [3.63, 3.8) is 0 Å². The van der Waals surface area contributed by atoms with E-state index in [2.05, 4.69) is 0 Å². The molecule has 1 aromatic rings. The molecule has 0 N–H and O–H groups in total. The van der Waals surface area contributed by atoms with Crippen molar-refractivity contribution in [2.75, 3.05) is 18.2 Å². The number of hydrogen-bond acceptors (Lipinski definition) is 4. The summed E-state index contributed by atoms with van der Waals surface area (Å²) in [6.45, 7) is 2.54. The largest absolute Gasteiger partial charge is 0.493 e. The number of hydrogen-bond donors (Lipinski definition) is 0. The van der Waals surface area contributed by atoms with Crippen LogP contribution in [-0.4, -0.2) is 23.2 Å². The lowest BCUT2D eigenvalue weighted by Gasteiger charge is -2.06. The van der Waals surface area contributed by atoms with Crippen LogP contribution in [0.5, 0.6) is 5.75 Å². The number of nitrogens with zero attached hydrogens (tertiary/aromatic N) is 1. The van der Waals surface area contributed by atoms with Gasteiger partial charge in [0, 0.05) is 22.6 Å². The second-order valence-corrected chi connectivity index (χ2v) is 4.85. The Bertz CT molecular complexity index is 361. The van der Waals surface area contributed by atoms with Gasteiger partial charge in [-0.25, -0.2) is 0 Å². The van der Waals surface area contributed by atoms with Crippen LogP contribution in [0.15, 0.2) is 23.1 Å². The molecule has 0 radical (unpaired) electrons. The molecule has 0 amide bonds. The fraction of sp³-hybridized carbons (Fsp3) is 0.455. The van der Waals surface area contributed by atoms with E-state index in [1.165, 1.54) is 23.9 Å². The highest BCUT2D eigenvalue weighted by molar-refractivity contribution is 7.99. The lowest BCUT2D eigenvalue weighted by atomic mass is 10.3. The Balaban J connectivity index is 2.88. The number of nitro benzene ring substituents is 1. The van der Waals surface area contributed by atoms with E-state index in [0.717, 1.165) is 17.1 Å². The minimum Gasteiger partial charge on any atom is -0.493 e. The zero-order chi connectivity index (χ0) is 12.7. The number of thioether (sulfide) groups is 1. The van der Waals surface area contributed by atoms with Crippen LogP contribution in [0.25, 0.3) is 0 Å². The van der Waals surface area contributed by atoms with Crippen LogP contribution < -0.4 is 4.74 Å². The lowest BCUT2D eigenvalue weighted by Crippen LogP contribution is -1.97. The first-order chi connectivity index (χ1) is 8.17. The van der Waals surface area contributed by atoms with Crippen molar-refractivity contribution in [3.05, 3.63) is 28.3 Å². The summed E-state index contributed by atoms with van der Waals surface area (Å²) >= 11 is 7.07. The van der Waals surface area contributed by atoms with Gasteiger partial charge in [0.1, 0.15) is 5.75 Å². The first-order valence-electron chi connectivity index (χ1n) is 5.28. The van der Waals surface area contributed by atoms with Crippen molar-refractivity contribution in [2.45, 2.75) is 18.2 Å². The summed E-state index contributed by atoms with van der Waals surface area (Å²) in [5.74, 6) is 1.77. The van der Waals surface area contributed by atoms with Crippen LogP contribution in [0.2, 0.25) is 0 Å². The first-order valence-corrected chi connectivity index (χ1v) is 6.80. The van der Waals surface area contributed by atoms with Gasteiger partial charge in [0.05, 0.1) is 17.6 Å². The van der Waals surface area contributed by atoms with Crippen LogP contribution in [-0.2, 0) is 0 Å². The predicted molar refractivity (Wildman–Crippen MR) is 70.3 cm³/mol. The van der Waals surface area contributed by atoms with Crippen LogP contribution in [0.3, 0.4) is 0 Å². The van der Waals surface area contributed by atoms with Gasteiger partial charge in [-0.2, -0.15) is 0 Å². The second kappa shape index (κ2) is 7.40. The zero-order valence-electron chi connectivity index (χ0n) is 9.52. The van der Waals surface area contributed by atoms with Crippen LogP contribution >= 0.6 is 23.4 Å². The maximum atomic E-state index is 10.8. The number of ether oxygens (including phenoxy) is 1. The summed E-state index contributed by atoms with van der Waals surface area (Å²) in [7, 11) is 0. The average Bonchev–Trinajstić information content (AvgIpc) is 2.33. The monoisotopic (exact) mass is 275 g/mol. The highest BCUT2D eigenvalue weighted by atomic mass is 35.5. The van der Waals surface area contributed by atoms with E-state index in [4.69, 9.17) is 16.3 Å². The first kappa shape index (κ1) is 14.1. The van der Waals surface area contributed by atoms with Crippen molar-refractivity contribution in [1.82, 2.24) is 0 Å². The Morgan fingerprint density at radius 3 is 2.82 bits per heavy atom. The summed E-state index contributed by atoms with van der Waals surface area (Å²) in [4.78, 5) is 11.2. The number of alkyl halides is 1. The molecule has 0 heterocycles. The number of rotatable bonds is 7. The van der Waals surface area contributed by atoms with Gasteiger partial charge >= 0.3 is 0 Å². The molecule has 0 fully saturated rings. The second-order valence-electron chi connectivity index (χ2n) is 3.31. The van der Waals surface area contributed by atoms with Gasteiger partial charge in [0.25, 0.3) is 5.69 Å². The fourth-order valence-electron chi connectivity index (χ4n) is 1.21. The van der Waals surface area contributed by atoms with Gasteiger partial charge in [-0.1, -0.05) is 6.92 Å². The molecule has 0 atom stereocenters. The average molecular weight is 276 g/mol.